The van der Waals surface area contributed by atoms with Gasteiger partial charge in [0.15, 0.2) is 0 Å². The van der Waals surface area contributed by atoms with Gasteiger partial charge in [0.1, 0.15) is 10.7 Å². The van der Waals surface area contributed by atoms with E-state index in [0.29, 0.717) is 36.8 Å². The van der Waals surface area contributed by atoms with Crippen molar-refractivity contribution in [1.82, 2.24) is 20.1 Å². The van der Waals surface area contributed by atoms with Gasteiger partial charge < -0.3 is 10.2 Å². The molecule has 2 aromatic rings. The van der Waals surface area contributed by atoms with Gasteiger partial charge in [-0.3, -0.25) is 14.5 Å². The number of nitrogens with zero attached hydrogens (tertiary/aromatic N) is 3. The van der Waals surface area contributed by atoms with E-state index in [0.717, 1.165) is 23.5 Å². The Morgan fingerprint density at radius 1 is 1.20 bits per heavy atom. The molecule has 2 heterocycles. The average Bonchev–Trinajstić information content (AvgIpc) is 3.17. The lowest BCUT2D eigenvalue weighted by atomic mass is 10.1. The highest BCUT2D eigenvalue weighted by atomic mass is 32.1. The highest BCUT2D eigenvalue weighted by molar-refractivity contribution is 7.13. The smallest absolute Gasteiger partial charge is 0.353 e. The van der Waals surface area contributed by atoms with Crippen LogP contribution in [0.5, 0.6) is 0 Å². The van der Waals surface area contributed by atoms with Crippen LogP contribution in [0, 0.1) is 0 Å². The van der Waals surface area contributed by atoms with E-state index in [1.165, 1.54) is 6.07 Å². The number of alkyl halides is 3. The first-order chi connectivity index (χ1) is 14.1. The monoisotopic (exact) mass is 440 g/mol. The van der Waals surface area contributed by atoms with Gasteiger partial charge in [-0.1, -0.05) is 12.1 Å². The van der Waals surface area contributed by atoms with E-state index in [9.17, 15) is 22.8 Å². The molecule has 162 valence electrons. The molecule has 0 unspecified atom stereocenters. The third-order valence-electron chi connectivity index (χ3n) is 4.64. The van der Waals surface area contributed by atoms with Gasteiger partial charge >= 0.3 is 6.18 Å². The lowest BCUT2D eigenvalue weighted by Gasteiger charge is -2.34. The Morgan fingerprint density at radius 3 is 2.53 bits per heavy atom. The number of halogens is 3. The maximum Gasteiger partial charge on any atom is 0.416 e. The molecule has 1 aromatic heterocycles. The lowest BCUT2D eigenvalue weighted by molar-refractivity contribution is -0.137. The summed E-state index contributed by atoms with van der Waals surface area (Å²) in [6.45, 7) is 6.15. The predicted molar refractivity (Wildman–Crippen MR) is 108 cm³/mol. The van der Waals surface area contributed by atoms with E-state index in [1.807, 2.05) is 18.7 Å². The number of nitrogens with one attached hydrogen (secondary N) is 1. The first-order valence-electron chi connectivity index (χ1n) is 9.57. The fourth-order valence-electron chi connectivity index (χ4n) is 3.17. The minimum atomic E-state index is -4.43. The van der Waals surface area contributed by atoms with Crippen molar-refractivity contribution in [2.24, 2.45) is 0 Å². The summed E-state index contributed by atoms with van der Waals surface area (Å²) in [5.41, 5.74) is -0.200. The van der Waals surface area contributed by atoms with Crippen molar-refractivity contribution >= 4 is 23.2 Å². The number of rotatable bonds is 5. The fraction of sp³-hybridized carbons (Fsp3) is 0.450. The van der Waals surface area contributed by atoms with Gasteiger partial charge in [0.2, 0.25) is 5.91 Å². The molecular formula is C20H23F3N4O2S. The number of piperazine rings is 1. The molecule has 2 amide bonds. The van der Waals surface area contributed by atoms with Crippen LogP contribution in [0.3, 0.4) is 0 Å². The number of carbonyl (C=O) groups excluding carboxylic acids is 2. The van der Waals surface area contributed by atoms with Crippen molar-refractivity contribution in [2.75, 3.05) is 32.7 Å². The molecule has 1 aliphatic rings. The zero-order chi connectivity index (χ0) is 21.9. The molecule has 6 nitrogen and oxygen atoms in total. The second kappa shape index (κ2) is 9.13. The lowest BCUT2D eigenvalue weighted by Crippen LogP contribution is -2.51. The Hall–Kier alpha value is -2.46. The highest BCUT2D eigenvalue weighted by Crippen LogP contribution is 2.33. The molecular weight excluding hydrogens is 417 g/mol. The van der Waals surface area contributed by atoms with Gasteiger partial charge in [0.25, 0.3) is 5.91 Å². The Balaban J connectivity index is 1.60. The van der Waals surface area contributed by atoms with Crippen molar-refractivity contribution in [3.05, 3.63) is 40.9 Å². The maximum absolute atomic E-state index is 12.9. The first kappa shape index (κ1) is 22.2. The molecule has 3 rings (SSSR count). The zero-order valence-corrected chi connectivity index (χ0v) is 17.5. The molecule has 0 radical (unpaired) electrons. The SMILES string of the molecule is CC(C)NC(=O)CN1CCN(C(=O)c2csc(-c3cccc(C(F)(F)F)c3)n2)CC1. The molecule has 1 aromatic carbocycles. The molecule has 10 heteroatoms. The largest absolute Gasteiger partial charge is 0.416 e. The van der Waals surface area contributed by atoms with Crippen LogP contribution in [0.4, 0.5) is 13.2 Å². The van der Waals surface area contributed by atoms with Crippen LogP contribution in [-0.4, -0.2) is 65.4 Å². The molecule has 0 bridgehead atoms. The number of aromatic nitrogens is 1. The Labute approximate surface area is 176 Å². The molecule has 0 aliphatic carbocycles. The van der Waals surface area contributed by atoms with Crippen LogP contribution in [0.1, 0.15) is 29.9 Å². The van der Waals surface area contributed by atoms with E-state index in [-0.39, 0.29) is 30.1 Å². The number of hydrogen-bond acceptors (Lipinski definition) is 5. The highest BCUT2D eigenvalue weighted by Gasteiger charge is 2.31. The van der Waals surface area contributed by atoms with E-state index in [2.05, 4.69) is 10.3 Å². The number of benzene rings is 1. The average molecular weight is 440 g/mol. The second-order valence-corrected chi connectivity index (χ2v) is 8.27. The number of carbonyl (C=O) groups is 2. The van der Waals surface area contributed by atoms with Crippen LogP contribution in [0.15, 0.2) is 29.6 Å². The van der Waals surface area contributed by atoms with Crippen molar-refractivity contribution in [2.45, 2.75) is 26.1 Å². The first-order valence-corrected chi connectivity index (χ1v) is 10.5. The summed E-state index contributed by atoms with van der Waals surface area (Å²) >= 11 is 1.14. The molecule has 0 saturated carbocycles. The summed E-state index contributed by atoms with van der Waals surface area (Å²) in [4.78, 5) is 32.5. The molecule has 30 heavy (non-hydrogen) atoms. The summed E-state index contributed by atoms with van der Waals surface area (Å²) in [5.74, 6) is -0.300. The zero-order valence-electron chi connectivity index (χ0n) is 16.7. The van der Waals surface area contributed by atoms with E-state index >= 15 is 0 Å². The number of thiazole rings is 1. The summed E-state index contributed by atoms with van der Waals surface area (Å²) in [7, 11) is 0. The Kier molecular flexibility index (Phi) is 6.77. The normalized spacial score (nSPS) is 15.5. The molecule has 1 fully saturated rings. The van der Waals surface area contributed by atoms with Crippen molar-refractivity contribution in [3.8, 4) is 10.6 Å². The van der Waals surface area contributed by atoms with Crippen LogP contribution in [0.2, 0.25) is 0 Å². The predicted octanol–water partition coefficient (Wildman–Crippen LogP) is 3.11. The Bertz CT molecular complexity index is 905. The molecule has 1 aliphatic heterocycles. The third-order valence-corrected chi connectivity index (χ3v) is 5.53. The second-order valence-electron chi connectivity index (χ2n) is 7.41. The van der Waals surface area contributed by atoms with Crippen molar-refractivity contribution < 1.29 is 22.8 Å². The van der Waals surface area contributed by atoms with Gasteiger partial charge in [-0.15, -0.1) is 11.3 Å². The number of hydrogen-bond donors (Lipinski definition) is 1. The molecule has 1 saturated heterocycles. The van der Waals surface area contributed by atoms with Crippen molar-refractivity contribution in [3.63, 3.8) is 0 Å². The fourth-order valence-corrected chi connectivity index (χ4v) is 3.97. The van der Waals surface area contributed by atoms with Gasteiger partial charge in [0.05, 0.1) is 12.1 Å². The van der Waals surface area contributed by atoms with Crippen LogP contribution in [-0.2, 0) is 11.0 Å². The van der Waals surface area contributed by atoms with E-state index in [4.69, 9.17) is 0 Å². The van der Waals surface area contributed by atoms with Gasteiger partial charge in [-0.05, 0) is 26.0 Å². The molecule has 0 spiro atoms. The summed E-state index contributed by atoms with van der Waals surface area (Å²) in [6.07, 6.45) is -4.43. The minimum absolute atomic E-state index is 0.0463. The van der Waals surface area contributed by atoms with Crippen LogP contribution in [0.25, 0.3) is 10.6 Å². The van der Waals surface area contributed by atoms with Gasteiger partial charge in [-0.25, -0.2) is 4.98 Å². The van der Waals surface area contributed by atoms with Gasteiger partial charge in [-0.2, -0.15) is 13.2 Å². The summed E-state index contributed by atoms with van der Waals surface area (Å²) < 4.78 is 38.8. The van der Waals surface area contributed by atoms with E-state index in [1.54, 1.807) is 16.3 Å². The molecule has 0 atom stereocenters. The summed E-state index contributed by atoms with van der Waals surface area (Å²) in [5, 5.41) is 4.78. The Morgan fingerprint density at radius 2 is 1.90 bits per heavy atom. The van der Waals surface area contributed by atoms with E-state index < -0.39 is 11.7 Å². The number of amides is 2. The van der Waals surface area contributed by atoms with Gasteiger partial charge in [0, 0.05) is 43.2 Å². The van der Waals surface area contributed by atoms with Crippen LogP contribution < -0.4 is 5.32 Å². The van der Waals surface area contributed by atoms with Crippen LogP contribution >= 0.6 is 11.3 Å². The quantitative estimate of drug-likeness (QED) is 0.776. The van der Waals surface area contributed by atoms with Crippen molar-refractivity contribution in [1.29, 1.82) is 0 Å². The summed E-state index contributed by atoms with van der Waals surface area (Å²) in [6, 6.07) is 4.99. The third kappa shape index (κ3) is 5.57. The topological polar surface area (TPSA) is 65.5 Å². The minimum Gasteiger partial charge on any atom is -0.353 e. The maximum atomic E-state index is 12.9. The standard InChI is InChI=1S/C20H23F3N4O2S/c1-13(2)24-17(28)11-26-6-8-27(9-7-26)19(29)16-12-30-18(25-16)14-4-3-5-15(10-14)20(21,22)23/h3-5,10,12-13H,6-9,11H2,1-2H3,(H,24,28). The molecule has 1 N–H and O–H groups in total.